The number of rotatable bonds is 1. The van der Waals surface area contributed by atoms with Gasteiger partial charge in [-0.2, -0.15) is 5.10 Å². The molecule has 0 aromatic carbocycles. The molecule has 0 amide bonds. The second kappa shape index (κ2) is 3.02. The summed E-state index contributed by atoms with van der Waals surface area (Å²) in [6.07, 6.45) is 8.59. The summed E-state index contributed by atoms with van der Waals surface area (Å²) in [5.41, 5.74) is 1.95. The predicted octanol–water partition coefficient (Wildman–Crippen LogP) is 1.50. The average Bonchev–Trinajstić information content (AvgIpc) is 2.54. The van der Waals surface area contributed by atoms with E-state index in [0.29, 0.717) is 0 Å². The molecule has 0 unspecified atom stereocenters. The van der Waals surface area contributed by atoms with Crippen LogP contribution in [0, 0.1) is 0 Å². The minimum Gasteiger partial charge on any atom is -0.244 e. The average molecular weight is 225 g/mol. The fourth-order valence-corrected chi connectivity index (χ4v) is 1.21. The van der Waals surface area contributed by atoms with Crippen LogP contribution in [0.4, 0.5) is 0 Å². The van der Waals surface area contributed by atoms with Crippen LogP contribution < -0.4 is 0 Å². The van der Waals surface area contributed by atoms with Gasteiger partial charge in [0, 0.05) is 29.7 Å². The summed E-state index contributed by atoms with van der Waals surface area (Å²) in [5.74, 6) is 0. The van der Waals surface area contributed by atoms with Gasteiger partial charge in [0.2, 0.25) is 0 Å². The molecule has 2 rings (SSSR count). The van der Waals surface area contributed by atoms with Crippen molar-refractivity contribution >= 4 is 16.1 Å². The van der Waals surface area contributed by atoms with Gasteiger partial charge in [-0.05, 0) is 0 Å². The molecule has 0 aliphatic heterocycles. The van der Waals surface area contributed by atoms with Gasteiger partial charge in [-0.3, -0.25) is 0 Å². The number of nitrogens with zero attached hydrogens (tertiary/aromatic N) is 4. The Balaban J connectivity index is 2.45. The molecule has 0 radical (unpaired) electrons. The monoisotopic (exact) mass is 224 g/mol. The van der Waals surface area contributed by atoms with Gasteiger partial charge >= 0.3 is 0 Å². The summed E-state index contributed by atoms with van der Waals surface area (Å²) in [7, 11) is 0. The highest BCUT2D eigenvalue weighted by Crippen LogP contribution is 2.15. The molecule has 2 heterocycles. The fourth-order valence-electron chi connectivity index (χ4n) is 0.896. The Labute approximate surface area is 77.6 Å². The highest BCUT2D eigenvalue weighted by Gasteiger charge is 1.99. The molecule has 0 saturated carbocycles. The van der Waals surface area contributed by atoms with E-state index in [2.05, 4.69) is 31.2 Å². The molecule has 5 heteroatoms. The van der Waals surface area contributed by atoms with Gasteiger partial charge in [0.15, 0.2) is 0 Å². The van der Waals surface area contributed by atoms with E-state index in [-0.39, 0.29) is 0 Å². The summed E-state index contributed by atoms with van der Waals surface area (Å²) >= 11 is 3.19. The number of hydrogen-bond acceptors (Lipinski definition) is 3. The maximum absolute atomic E-state index is 3.97. The lowest BCUT2D eigenvalue weighted by Gasteiger charge is -1.91. The van der Waals surface area contributed by atoms with Crippen LogP contribution in [0.5, 0.6) is 0 Å². The molecule has 2 aromatic heterocycles. The number of halogens is 1. The van der Waals surface area contributed by atoms with Crippen LogP contribution in [0.1, 0.15) is 0 Å². The normalized spacial score (nSPS) is 10.1. The van der Waals surface area contributed by atoms with Crippen molar-refractivity contribution in [1.82, 2.24) is 18.8 Å². The van der Waals surface area contributed by atoms with Crippen LogP contribution in [0.2, 0.25) is 0 Å². The molecule has 12 heavy (non-hydrogen) atoms. The van der Waals surface area contributed by atoms with E-state index >= 15 is 0 Å². The van der Waals surface area contributed by atoms with E-state index in [1.807, 2.05) is 6.20 Å². The molecule has 0 aliphatic rings. The molecule has 0 aliphatic carbocycles. The molecule has 0 N–H and O–H groups in total. The van der Waals surface area contributed by atoms with Gasteiger partial charge in [0.25, 0.3) is 0 Å². The summed E-state index contributed by atoms with van der Waals surface area (Å²) in [4.78, 5) is 7.81. The van der Waals surface area contributed by atoms with Gasteiger partial charge in [-0.1, -0.05) is 0 Å². The highest BCUT2D eigenvalue weighted by atomic mass is 79.9. The molecule has 0 fully saturated rings. The van der Waals surface area contributed by atoms with Gasteiger partial charge < -0.3 is 0 Å². The third-order valence-electron chi connectivity index (χ3n) is 1.45. The van der Waals surface area contributed by atoms with Crippen molar-refractivity contribution in [1.29, 1.82) is 0 Å². The van der Waals surface area contributed by atoms with E-state index in [1.54, 1.807) is 22.3 Å². The van der Waals surface area contributed by atoms with E-state index < -0.39 is 0 Å². The van der Waals surface area contributed by atoms with Crippen molar-refractivity contribution in [2.24, 2.45) is 0 Å². The van der Waals surface area contributed by atoms with E-state index in [9.17, 15) is 0 Å². The van der Waals surface area contributed by atoms with Crippen LogP contribution in [-0.2, 0) is 0 Å². The van der Waals surface area contributed by atoms with Gasteiger partial charge in [0.1, 0.15) is 6.33 Å². The first-order valence-electron chi connectivity index (χ1n) is 3.32. The molecule has 0 bridgehead atoms. The number of hydrogen-bond donors (Lipinski definition) is 0. The summed E-state index contributed by atoms with van der Waals surface area (Å²) in [6.45, 7) is 0. The Morgan fingerprint density at radius 1 is 1.08 bits per heavy atom. The quantitative estimate of drug-likeness (QED) is 0.738. The zero-order valence-corrected chi connectivity index (χ0v) is 7.64. The van der Waals surface area contributed by atoms with Gasteiger partial charge in [0.05, 0.1) is 22.3 Å². The van der Waals surface area contributed by atoms with Crippen molar-refractivity contribution in [3.05, 3.63) is 31.1 Å². The van der Waals surface area contributed by atoms with E-state index in [1.165, 1.54) is 6.33 Å². The molecule has 60 valence electrons. The van der Waals surface area contributed by atoms with Crippen molar-refractivity contribution in [3.8, 4) is 11.1 Å². The van der Waals surface area contributed by atoms with E-state index in [0.717, 1.165) is 11.1 Å². The highest BCUT2D eigenvalue weighted by molar-refractivity contribution is 9.08. The lowest BCUT2D eigenvalue weighted by atomic mass is 10.2. The van der Waals surface area contributed by atoms with Gasteiger partial charge in [-0.15, -0.1) is 0 Å². The summed E-state index contributed by atoms with van der Waals surface area (Å²) < 4.78 is 1.56. The minimum absolute atomic E-state index is 0.961. The van der Waals surface area contributed by atoms with Crippen molar-refractivity contribution in [2.75, 3.05) is 0 Å². The molecule has 0 atom stereocenters. The smallest absolute Gasteiger partial charge is 0.115 e. The van der Waals surface area contributed by atoms with Crippen LogP contribution in [0.3, 0.4) is 0 Å². The second-order valence-corrected chi connectivity index (χ2v) is 2.97. The Hall–Kier alpha value is -1.23. The first kappa shape index (κ1) is 7.42. The number of aromatic nitrogens is 4. The van der Waals surface area contributed by atoms with Crippen LogP contribution in [-0.4, -0.2) is 18.8 Å². The van der Waals surface area contributed by atoms with Crippen LogP contribution in [0.15, 0.2) is 31.1 Å². The summed E-state index contributed by atoms with van der Waals surface area (Å²) in [6, 6.07) is 0. The lowest BCUT2D eigenvalue weighted by molar-refractivity contribution is 1.03. The van der Waals surface area contributed by atoms with E-state index in [4.69, 9.17) is 0 Å². The standard InChI is InChI=1S/C7H5BrN4/c8-12-4-7(3-11-12)6-1-9-5-10-2-6/h1-5H. The SMILES string of the molecule is Brn1cc(-c2cncnc2)cn1. The van der Waals surface area contributed by atoms with Crippen molar-refractivity contribution < 1.29 is 0 Å². The molecule has 4 nitrogen and oxygen atoms in total. The van der Waals surface area contributed by atoms with Crippen LogP contribution >= 0.6 is 16.1 Å². The van der Waals surface area contributed by atoms with Crippen molar-refractivity contribution in [2.45, 2.75) is 0 Å². The van der Waals surface area contributed by atoms with Gasteiger partial charge in [-0.25, -0.2) is 13.7 Å². The fraction of sp³-hybridized carbons (Fsp3) is 0. The van der Waals surface area contributed by atoms with Crippen molar-refractivity contribution in [3.63, 3.8) is 0 Å². The lowest BCUT2D eigenvalue weighted by Crippen LogP contribution is -1.78. The van der Waals surface area contributed by atoms with Crippen LogP contribution in [0.25, 0.3) is 11.1 Å². The minimum atomic E-state index is 0.961. The first-order chi connectivity index (χ1) is 5.86. The maximum Gasteiger partial charge on any atom is 0.115 e. The Morgan fingerprint density at radius 3 is 2.42 bits per heavy atom. The second-order valence-electron chi connectivity index (χ2n) is 2.24. The Morgan fingerprint density at radius 2 is 1.83 bits per heavy atom. The largest absolute Gasteiger partial charge is 0.244 e. The molecule has 0 spiro atoms. The predicted molar refractivity (Wildman–Crippen MR) is 47.6 cm³/mol. The molecule has 0 saturated heterocycles. The third kappa shape index (κ3) is 1.35. The molecular formula is C7H5BrN4. The Kier molecular flexibility index (Phi) is 1.87. The Bertz CT molecular complexity index is 370. The summed E-state index contributed by atoms with van der Waals surface area (Å²) in [5, 5.41) is 3.97. The first-order valence-corrected chi connectivity index (χ1v) is 4.03. The zero-order chi connectivity index (χ0) is 8.39. The zero-order valence-electron chi connectivity index (χ0n) is 6.05. The molecular weight excluding hydrogens is 220 g/mol. The molecule has 2 aromatic rings. The maximum atomic E-state index is 3.97. The third-order valence-corrected chi connectivity index (χ3v) is 1.83. The topological polar surface area (TPSA) is 43.6 Å².